The zero-order chi connectivity index (χ0) is 15.1. The Hall–Kier alpha value is -2.53. The van der Waals surface area contributed by atoms with Crippen LogP contribution in [0.3, 0.4) is 0 Å². The molecule has 110 valence electrons. The summed E-state index contributed by atoms with van der Waals surface area (Å²) in [6.07, 6.45) is 3.45. The summed E-state index contributed by atoms with van der Waals surface area (Å²) < 4.78 is 1.89. The summed E-state index contributed by atoms with van der Waals surface area (Å²) in [5, 5.41) is 4.97. The predicted molar refractivity (Wildman–Crippen MR) is 82.9 cm³/mol. The summed E-state index contributed by atoms with van der Waals surface area (Å²) in [5.74, 6) is -0.0530. The smallest absolute Gasteiger partial charge is 0.270 e. The van der Waals surface area contributed by atoms with Gasteiger partial charge in [-0.15, -0.1) is 0 Å². The number of carbonyl (C=O) groups excluding carboxylic acids is 1. The molecule has 3 aromatic rings. The highest BCUT2D eigenvalue weighted by molar-refractivity contribution is 6.30. The van der Waals surface area contributed by atoms with E-state index in [1.54, 1.807) is 17.2 Å². The van der Waals surface area contributed by atoms with Gasteiger partial charge in [-0.1, -0.05) is 29.8 Å². The summed E-state index contributed by atoms with van der Waals surface area (Å²) in [7, 11) is 0. The normalized spacial score (nSPS) is 13.4. The van der Waals surface area contributed by atoms with Crippen molar-refractivity contribution < 1.29 is 4.79 Å². The summed E-state index contributed by atoms with van der Waals surface area (Å²) in [6.45, 7) is 1.11. The quantitative estimate of drug-likeness (QED) is 0.791. The van der Waals surface area contributed by atoms with Gasteiger partial charge >= 0.3 is 0 Å². The fourth-order valence-electron chi connectivity index (χ4n) is 2.75. The van der Waals surface area contributed by atoms with Crippen molar-refractivity contribution in [3.8, 4) is 5.69 Å². The van der Waals surface area contributed by atoms with Crippen LogP contribution in [0.2, 0.25) is 5.02 Å². The molecule has 4 rings (SSSR count). The van der Waals surface area contributed by atoms with Crippen molar-refractivity contribution in [1.82, 2.24) is 19.7 Å². The van der Waals surface area contributed by atoms with Gasteiger partial charge in [-0.3, -0.25) is 4.79 Å². The average molecular weight is 313 g/mol. The predicted octanol–water partition coefficient (Wildman–Crippen LogP) is 3.01. The molecule has 2 aromatic heterocycles. The maximum absolute atomic E-state index is 12.5. The average Bonchev–Trinajstić information content (AvgIpc) is 3.22. The number of nitrogens with zero attached hydrogens (tertiary/aromatic N) is 3. The molecular weight excluding hydrogens is 300 g/mol. The number of aromatic nitrogens is 3. The van der Waals surface area contributed by atoms with E-state index in [4.69, 9.17) is 11.6 Å². The van der Waals surface area contributed by atoms with E-state index in [0.717, 1.165) is 16.9 Å². The van der Waals surface area contributed by atoms with Gasteiger partial charge in [0, 0.05) is 18.3 Å². The highest BCUT2D eigenvalue weighted by Crippen LogP contribution is 2.26. The minimum absolute atomic E-state index is 0.0530. The van der Waals surface area contributed by atoms with Crippen molar-refractivity contribution in [2.45, 2.75) is 13.1 Å². The maximum Gasteiger partial charge on any atom is 0.270 e. The standard InChI is InChI=1S/C16H13ClN4O/c17-12-6-14(18-8-12)16(22)20-9-11-7-19-21(15(11)10-20)13-4-2-1-3-5-13/h1-8,18H,9-10H2. The highest BCUT2D eigenvalue weighted by atomic mass is 35.5. The van der Waals surface area contributed by atoms with Crippen molar-refractivity contribution in [3.05, 3.63) is 70.8 Å². The van der Waals surface area contributed by atoms with Crippen molar-refractivity contribution >= 4 is 17.5 Å². The number of benzene rings is 1. The van der Waals surface area contributed by atoms with Gasteiger partial charge in [0.1, 0.15) is 5.69 Å². The number of hydrogen-bond acceptors (Lipinski definition) is 2. The molecule has 1 aliphatic heterocycles. The van der Waals surface area contributed by atoms with Gasteiger partial charge in [-0.25, -0.2) is 4.68 Å². The minimum Gasteiger partial charge on any atom is -0.356 e. The number of amides is 1. The fourth-order valence-corrected chi connectivity index (χ4v) is 2.91. The van der Waals surface area contributed by atoms with Crippen LogP contribution in [0.5, 0.6) is 0 Å². The van der Waals surface area contributed by atoms with Crippen molar-refractivity contribution in [2.24, 2.45) is 0 Å². The molecule has 1 amide bonds. The lowest BCUT2D eigenvalue weighted by Crippen LogP contribution is -2.26. The van der Waals surface area contributed by atoms with E-state index < -0.39 is 0 Å². The number of hydrogen-bond donors (Lipinski definition) is 1. The molecule has 6 heteroatoms. The van der Waals surface area contributed by atoms with E-state index in [9.17, 15) is 4.79 Å². The SMILES string of the molecule is O=C(c1cc(Cl)c[nH]1)N1Cc2cnn(-c3ccccc3)c2C1. The van der Waals surface area contributed by atoms with E-state index in [1.807, 2.05) is 41.2 Å². The molecular formula is C16H13ClN4O. The summed E-state index contributed by atoms with van der Waals surface area (Å²) in [5.41, 5.74) is 3.64. The molecule has 1 N–H and O–H groups in total. The Bertz CT molecular complexity index is 837. The van der Waals surface area contributed by atoms with Crippen LogP contribution >= 0.6 is 11.6 Å². The second-order valence-corrected chi connectivity index (χ2v) is 5.69. The molecule has 0 unspecified atom stereocenters. The van der Waals surface area contributed by atoms with Crippen LogP contribution in [0, 0.1) is 0 Å². The van der Waals surface area contributed by atoms with E-state index in [0.29, 0.717) is 23.8 Å². The first kappa shape index (κ1) is 13.2. The minimum atomic E-state index is -0.0530. The maximum atomic E-state index is 12.5. The summed E-state index contributed by atoms with van der Waals surface area (Å²) >= 11 is 5.87. The van der Waals surface area contributed by atoms with E-state index >= 15 is 0 Å². The second kappa shape index (κ2) is 5.03. The molecule has 22 heavy (non-hydrogen) atoms. The van der Waals surface area contributed by atoms with Crippen LogP contribution in [0.15, 0.2) is 48.8 Å². The fraction of sp³-hybridized carbons (Fsp3) is 0.125. The second-order valence-electron chi connectivity index (χ2n) is 5.26. The van der Waals surface area contributed by atoms with Gasteiger partial charge in [0.2, 0.25) is 0 Å². The molecule has 1 aliphatic rings. The largest absolute Gasteiger partial charge is 0.356 e. The Morgan fingerprint density at radius 3 is 2.77 bits per heavy atom. The number of halogens is 1. The molecule has 3 heterocycles. The Morgan fingerprint density at radius 2 is 2.05 bits per heavy atom. The number of aromatic amines is 1. The molecule has 0 atom stereocenters. The third kappa shape index (κ3) is 2.10. The topological polar surface area (TPSA) is 53.9 Å². The van der Waals surface area contributed by atoms with E-state index in [-0.39, 0.29) is 5.91 Å². The Balaban J connectivity index is 1.62. The van der Waals surface area contributed by atoms with Crippen LogP contribution in [-0.4, -0.2) is 25.6 Å². The van der Waals surface area contributed by atoms with Crippen LogP contribution in [0.25, 0.3) is 5.69 Å². The molecule has 5 nitrogen and oxygen atoms in total. The van der Waals surface area contributed by atoms with E-state index in [2.05, 4.69) is 10.1 Å². The van der Waals surface area contributed by atoms with Gasteiger partial charge in [0.25, 0.3) is 5.91 Å². The van der Waals surface area contributed by atoms with Crippen molar-refractivity contribution in [3.63, 3.8) is 0 Å². The van der Waals surface area contributed by atoms with Gasteiger partial charge < -0.3 is 9.88 Å². The third-order valence-electron chi connectivity index (χ3n) is 3.82. The molecule has 0 fully saturated rings. The first-order chi connectivity index (χ1) is 10.7. The van der Waals surface area contributed by atoms with Gasteiger partial charge in [0.15, 0.2) is 0 Å². The van der Waals surface area contributed by atoms with E-state index in [1.165, 1.54) is 0 Å². The van der Waals surface area contributed by atoms with Crippen LogP contribution in [0.1, 0.15) is 21.7 Å². The molecule has 0 radical (unpaired) electrons. The van der Waals surface area contributed by atoms with Gasteiger partial charge in [-0.05, 0) is 18.2 Å². The molecule has 0 saturated carbocycles. The Labute approximate surface area is 132 Å². The number of fused-ring (bicyclic) bond motifs is 1. The Kier molecular flexibility index (Phi) is 3.01. The van der Waals surface area contributed by atoms with Gasteiger partial charge in [0.05, 0.1) is 29.1 Å². The third-order valence-corrected chi connectivity index (χ3v) is 4.04. The number of carbonyl (C=O) groups is 1. The molecule has 0 saturated heterocycles. The first-order valence-electron chi connectivity index (χ1n) is 6.97. The zero-order valence-electron chi connectivity index (χ0n) is 11.7. The molecule has 1 aromatic carbocycles. The summed E-state index contributed by atoms with van der Waals surface area (Å²) in [4.78, 5) is 17.2. The van der Waals surface area contributed by atoms with Crippen LogP contribution in [0.4, 0.5) is 0 Å². The van der Waals surface area contributed by atoms with Crippen molar-refractivity contribution in [2.75, 3.05) is 0 Å². The van der Waals surface area contributed by atoms with Crippen LogP contribution < -0.4 is 0 Å². The lowest BCUT2D eigenvalue weighted by Gasteiger charge is -2.15. The number of nitrogens with one attached hydrogen (secondary N) is 1. The monoisotopic (exact) mass is 312 g/mol. The number of para-hydroxylation sites is 1. The number of H-pyrrole nitrogens is 1. The number of rotatable bonds is 2. The van der Waals surface area contributed by atoms with Gasteiger partial charge in [-0.2, -0.15) is 5.10 Å². The molecule has 0 spiro atoms. The van der Waals surface area contributed by atoms with Crippen molar-refractivity contribution in [1.29, 1.82) is 0 Å². The molecule has 0 bridgehead atoms. The lowest BCUT2D eigenvalue weighted by molar-refractivity contribution is 0.0743. The zero-order valence-corrected chi connectivity index (χ0v) is 12.4. The summed E-state index contributed by atoms with van der Waals surface area (Å²) in [6, 6.07) is 11.6. The lowest BCUT2D eigenvalue weighted by atomic mass is 10.3. The first-order valence-corrected chi connectivity index (χ1v) is 7.34. The molecule has 0 aliphatic carbocycles. The highest BCUT2D eigenvalue weighted by Gasteiger charge is 2.28. The van der Waals surface area contributed by atoms with Crippen LogP contribution in [-0.2, 0) is 13.1 Å². The Morgan fingerprint density at radius 1 is 1.23 bits per heavy atom.